The maximum absolute atomic E-state index is 12.5. The number of hydrogen-bond donors (Lipinski definition) is 1. The van der Waals surface area contributed by atoms with Crippen molar-refractivity contribution in [1.82, 2.24) is 9.80 Å². The standard InChI is InChI=1S/C18H26N2O3/c1-2-16(21)13-19-6-8-20(9-7-19)18(22)12-14-3-4-17-15(11-14)5-10-23-17/h3-4,11,16,21H,2,5-10,12-13H2,1H3/t16-/m1/s1. The molecular weight excluding hydrogens is 292 g/mol. The number of rotatable bonds is 5. The monoisotopic (exact) mass is 318 g/mol. The first kappa shape index (κ1) is 16.3. The van der Waals surface area contributed by atoms with Crippen LogP contribution in [0.5, 0.6) is 5.75 Å². The fourth-order valence-corrected chi connectivity index (χ4v) is 3.24. The summed E-state index contributed by atoms with van der Waals surface area (Å²) in [7, 11) is 0. The van der Waals surface area contributed by atoms with Gasteiger partial charge in [-0.05, 0) is 23.6 Å². The third-order valence-electron chi connectivity index (χ3n) is 4.77. The van der Waals surface area contributed by atoms with Crippen molar-refractivity contribution in [3.63, 3.8) is 0 Å². The molecule has 1 N–H and O–H groups in total. The molecule has 0 aliphatic carbocycles. The highest BCUT2D eigenvalue weighted by molar-refractivity contribution is 5.79. The van der Waals surface area contributed by atoms with Gasteiger partial charge in [-0.2, -0.15) is 0 Å². The Kier molecular flexibility index (Phi) is 5.18. The van der Waals surface area contributed by atoms with Crippen LogP contribution >= 0.6 is 0 Å². The van der Waals surface area contributed by atoms with E-state index < -0.39 is 0 Å². The molecule has 5 heteroatoms. The fraction of sp³-hybridized carbons (Fsp3) is 0.611. The van der Waals surface area contributed by atoms with Crippen LogP contribution < -0.4 is 4.74 Å². The van der Waals surface area contributed by atoms with Gasteiger partial charge in [0.1, 0.15) is 5.75 Å². The van der Waals surface area contributed by atoms with Crippen LogP contribution in [0.15, 0.2) is 18.2 Å². The van der Waals surface area contributed by atoms with E-state index in [9.17, 15) is 9.90 Å². The highest BCUT2D eigenvalue weighted by Crippen LogP contribution is 2.26. The van der Waals surface area contributed by atoms with Crippen LogP contribution in [0.4, 0.5) is 0 Å². The number of aliphatic hydroxyl groups excluding tert-OH is 1. The SMILES string of the molecule is CC[C@@H](O)CN1CCN(C(=O)Cc2ccc3c(c2)CCO3)CC1. The number of benzene rings is 1. The van der Waals surface area contributed by atoms with E-state index in [-0.39, 0.29) is 12.0 Å². The Bertz CT molecular complexity index is 553. The Hall–Kier alpha value is -1.59. The zero-order chi connectivity index (χ0) is 16.2. The second-order valence-corrected chi connectivity index (χ2v) is 6.46. The number of amides is 1. The second-order valence-electron chi connectivity index (χ2n) is 6.46. The van der Waals surface area contributed by atoms with E-state index in [0.29, 0.717) is 13.0 Å². The Morgan fingerprint density at radius 2 is 2.09 bits per heavy atom. The van der Waals surface area contributed by atoms with Crippen molar-refractivity contribution in [3.05, 3.63) is 29.3 Å². The van der Waals surface area contributed by atoms with Gasteiger partial charge in [0.2, 0.25) is 5.91 Å². The molecule has 2 heterocycles. The summed E-state index contributed by atoms with van der Waals surface area (Å²) in [4.78, 5) is 16.7. The quantitative estimate of drug-likeness (QED) is 0.883. The van der Waals surface area contributed by atoms with Crippen LogP contribution in [-0.2, 0) is 17.6 Å². The van der Waals surface area contributed by atoms with Gasteiger partial charge in [-0.25, -0.2) is 0 Å². The maximum Gasteiger partial charge on any atom is 0.227 e. The van der Waals surface area contributed by atoms with E-state index in [1.165, 1.54) is 5.56 Å². The number of ether oxygens (including phenoxy) is 1. The zero-order valence-corrected chi connectivity index (χ0v) is 13.8. The van der Waals surface area contributed by atoms with Gasteiger partial charge in [0.05, 0.1) is 19.1 Å². The summed E-state index contributed by atoms with van der Waals surface area (Å²) in [6, 6.07) is 6.08. The highest BCUT2D eigenvalue weighted by Gasteiger charge is 2.22. The van der Waals surface area contributed by atoms with Gasteiger partial charge in [0, 0.05) is 39.1 Å². The van der Waals surface area contributed by atoms with Gasteiger partial charge in [0.15, 0.2) is 0 Å². The van der Waals surface area contributed by atoms with Gasteiger partial charge in [-0.3, -0.25) is 9.69 Å². The van der Waals surface area contributed by atoms with Crippen LogP contribution in [0.2, 0.25) is 0 Å². The molecule has 1 atom stereocenters. The first-order chi connectivity index (χ1) is 11.2. The molecule has 0 unspecified atom stereocenters. The lowest BCUT2D eigenvalue weighted by Gasteiger charge is -2.35. The molecule has 2 aliphatic heterocycles. The van der Waals surface area contributed by atoms with E-state index in [4.69, 9.17) is 4.74 Å². The summed E-state index contributed by atoms with van der Waals surface area (Å²) < 4.78 is 5.51. The number of piperazine rings is 1. The van der Waals surface area contributed by atoms with Crippen LogP contribution in [-0.4, -0.2) is 66.2 Å². The van der Waals surface area contributed by atoms with Crippen molar-refractivity contribution < 1.29 is 14.6 Å². The molecule has 0 aromatic heterocycles. The summed E-state index contributed by atoms with van der Waals surface area (Å²) in [5, 5.41) is 9.72. The summed E-state index contributed by atoms with van der Waals surface area (Å²) in [6.07, 6.45) is 1.92. The van der Waals surface area contributed by atoms with Crippen LogP contribution in [0.1, 0.15) is 24.5 Å². The lowest BCUT2D eigenvalue weighted by molar-refractivity contribution is -0.132. The topological polar surface area (TPSA) is 53.0 Å². The number of carbonyl (C=O) groups is 1. The molecule has 1 aromatic rings. The molecule has 0 radical (unpaired) electrons. The Morgan fingerprint density at radius 3 is 2.83 bits per heavy atom. The van der Waals surface area contributed by atoms with E-state index >= 15 is 0 Å². The number of carbonyl (C=O) groups excluding carboxylic acids is 1. The van der Waals surface area contributed by atoms with Gasteiger partial charge in [-0.1, -0.05) is 19.1 Å². The van der Waals surface area contributed by atoms with Crippen molar-refractivity contribution >= 4 is 5.91 Å². The average molecular weight is 318 g/mol. The fourth-order valence-electron chi connectivity index (χ4n) is 3.24. The summed E-state index contributed by atoms with van der Waals surface area (Å²) in [6.45, 7) is 6.65. The third kappa shape index (κ3) is 4.03. The van der Waals surface area contributed by atoms with Crippen LogP contribution in [0, 0.1) is 0 Å². The number of β-amino-alcohol motifs (C(OH)–C–C–N with tert-alkyl or cyclic N) is 1. The molecule has 5 nitrogen and oxygen atoms in total. The van der Waals surface area contributed by atoms with Crippen molar-refractivity contribution in [2.45, 2.75) is 32.3 Å². The normalized spacial score (nSPS) is 19.3. The molecule has 126 valence electrons. The molecule has 2 aliphatic rings. The molecule has 0 spiro atoms. The Balaban J connectivity index is 1.50. The van der Waals surface area contributed by atoms with Crippen LogP contribution in [0.25, 0.3) is 0 Å². The van der Waals surface area contributed by atoms with Gasteiger partial charge < -0.3 is 14.7 Å². The predicted octanol–water partition coefficient (Wildman–Crippen LogP) is 1.08. The lowest BCUT2D eigenvalue weighted by Crippen LogP contribution is -2.50. The van der Waals surface area contributed by atoms with E-state index in [1.807, 2.05) is 24.0 Å². The minimum absolute atomic E-state index is 0.194. The Labute approximate surface area is 137 Å². The van der Waals surface area contributed by atoms with Crippen LogP contribution in [0.3, 0.4) is 0 Å². The first-order valence-electron chi connectivity index (χ1n) is 8.58. The molecule has 1 fully saturated rings. The molecule has 1 saturated heterocycles. The number of fused-ring (bicyclic) bond motifs is 1. The number of aliphatic hydroxyl groups is 1. The molecule has 23 heavy (non-hydrogen) atoms. The molecule has 1 amide bonds. The molecular formula is C18H26N2O3. The largest absolute Gasteiger partial charge is 0.493 e. The van der Waals surface area contributed by atoms with Gasteiger partial charge in [-0.15, -0.1) is 0 Å². The maximum atomic E-state index is 12.5. The molecule has 0 saturated carbocycles. The Morgan fingerprint density at radius 1 is 1.30 bits per heavy atom. The second kappa shape index (κ2) is 7.32. The van der Waals surface area contributed by atoms with E-state index in [0.717, 1.165) is 56.9 Å². The van der Waals surface area contributed by atoms with Gasteiger partial charge in [0.25, 0.3) is 0 Å². The van der Waals surface area contributed by atoms with Crippen molar-refractivity contribution in [2.75, 3.05) is 39.3 Å². The first-order valence-corrected chi connectivity index (χ1v) is 8.58. The molecule has 3 rings (SSSR count). The lowest BCUT2D eigenvalue weighted by atomic mass is 10.1. The van der Waals surface area contributed by atoms with Crippen molar-refractivity contribution in [2.24, 2.45) is 0 Å². The van der Waals surface area contributed by atoms with Crippen molar-refractivity contribution in [1.29, 1.82) is 0 Å². The van der Waals surface area contributed by atoms with E-state index in [1.54, 1.807) is 0 Å². The van der Waals surface area contributed by atoms with E-state index in [2.05, 4.69) is 11.0 Å². The van der Waals surface area contributed by atoms with Gasteiger partial charge >= 0.3 is 0 Å². The minimum atomic E-state index is -0.258. The highest BCUT2D eigenvalue weighted by atomic mass is 16.5. The summed E-state index contributed by atoms with van der Waals surface area (Å²) in [5.41, 5.74) is 2.29. The average Bonchev–Trinajstić information content (AvgIpc) is 3.03. The number of nitrogens with zero attached hydrogens (tertiary/aromatic N) is 2. The third-order valence-corrected chi connectivity index (χ3v) is 4.77. The summed E-state index contributed by atoms with van der Waals surface area (Å²) in [5.74, 6) is 1.16. The predicted molar refractivity (Wildman–Crippen MR) is 88.7 cm³/mol. The zero-order valence-electron chi connectivity index (χ0n) is 13.8. The minimum Gasteiger partial charge on any atom is -0.493 e. The smallest absolute Gasteiger partial charge is 0.227 e. The summed E-state index contributed by atoms with van der Waals surface area (Å²) >= 11 is 0. The van der Waals surface area contributed by atoms with Crippen molar-refractivity contribution in [3.8, 4) is 5.75 Å². The molecule has 0 bridgehead atoms. The number of hydrogen-bond acceptors (Lipinski definition) is 4. The molecule has 1 aromatic carbocycles.